The predicted molar refractivity (Wildman–Crippen MR) is 67.4 cm³/mol. The van der Waals surface area contributed by atoms with Crippen LogP contribution in [0.1, 0.15) is 15.9 Å². The number of aromatic carboxylic acids is 1. The predicted octanol–water partition coefficient (Wildman–Crippen LogP) is 0.283. The van der Waals surface area contributed by atoms with Crippen molar-refractivity contribution < 1.29 is 24.5 Å². The number of carbonyl (C=O) groups excluding carboxylic acids is 1. The van der Waals surface area contributed by atoms with E-state index < -0.39 is 5.97 Å². The van der Waals surface area contributed by atoms with Crippen LogP contribution in [0, 0.1) is 0 Å². The molecule has 1 aromatic rings. The molecule has 0 saturated heterocycles. The molecule has 1 aromatic carbocycles. The van der Waals surface area contributed by atoms with E-state index in [1.807, 2.05) is 0 Å². The smallest absolute Gasteiger partial charge is 0.335 e. The number of benzene rings is 1. The van der Waals surface area contributed by atoms with E-state index in [4.69, 9.17) is 14.9 Å². The number of carbonyl (C=O) groups is 2. The molecule has 1 heterocycles. The summed E-state index contributed by atoms with van der Waals surface area (Å²) in [5.41, 5.74) is 1.65. The highest BCUT2D eigenvalue weighted by molar-refractivity contribution is 6.02. The Hall–Kier alpha value is -1.92. The van der Waals surface area contributed by atoms with Crippen molar-refractivity contribution in [2.75, 3.05) is 31.3 Å². The van der Waals surface area contributed by atoms with Crippen molar-refractivity contribution in [1.29, 1.82) is 0 Å². The van der Waals surface area contributed by atoms with Gasteiger partial charge >= 0.3 is 5.97 Å². The minimum absolute atomic E-state index is 0.0491. The fourth-order valence-corrected chi connectivity index (χ4v) is 2.08. The number of aliphatic hydroxyl groups is 1. The van der Waals surface area contributed by atoms with Gasteiger partial charge in [-0.2, -0.15) is 0 Å². The van der Waals surface area contributed by atoms with Gasteiger partial charge in [0, 0.05) is 12.2 Å². The Morgan fingerprint density at radius 1 is 1.37 bits per heavy atom. The van der Waals surface area contributed by atoms with Gasteiger partial charge in [0.2, 0.25) is 5.91 Å². The number of hydrogen-bond acceptors (Lipinski definition) is 4. The van der Waals surface area contributed by atoms with Crippen LogP contribution in [-0.4, -0.2) is 48.5 Å². The van der Waals surface area contributed by atoms with Crippen molar-refractivity contribution >= 4 is 17.6 Å². The topological polar surface area (TPSA) is 87.1 Å². The first-order chi connectivity index (χ1) is 9.13. The van der Waals surface area contributed by atoms with Gasteiger partial charge in [0.1, 0.15) is 0 Å². The molecule has 102 valence electrons. The molecule has 2 rings (SSSR count). The molecular formula is C13H15NO5. The summed E-state index contributed by atoms with van der Waals surface area (Å²) in [7, 11) is 0. The zero-order chi connectivity index (χ0) is 13.8. The lowest BCUT2D eigenvalue weighted by atomic mass is 10.1. The van der Waals surface area contributed by atoms with E-state index in [9.17, 15) is 9.59 Å². The van der Waals surface area contributed by atoms with E-state index >= 15 is 0 Å². The summed E-state index contributed by atoms with van der Waals surface area (Å²) in [6.07, 6.45) is 0.219. The number of amides is 1. The van der Waals surface area contributed by atoms with E-state index in [1.54, 1.807) is 11.0 Å². The Kier molecular flexibility index (Phi) is 4.13. The van der Waals surface area contributed by atoms with Crippen LogP contribution >= 0.6 is 0 Å². The van der Waals surface area contributed by atoms with Crippen molar-refractivity contribution in [1.82, 2.24) is 0 Å². The van der Waals surface area contributed by atoms with Crippen LogP contribution in [0.3, 0.4) is 0 Å². The molecule has 0 fully saturated rings. The average molecular weight is 265 g/mol. The SMILES string of the molecule is O=C(O)c1ccc2c(c1)CC(=O)N2CCOCCO. The maximum absolute atomic E-state index is 11.8. The van der Waals surface area contributed by atoms with Gasteiger partial charge in [-0.1, -0.05) is 0 Å². The molecule has 0 bridgehead atoms. The standard InChI is InChI=1S/C13H15NO5/c15-4-6-19-5-3-14-11-2-1-9(13(17)18)7-10(11)8-12(14)16/h1-2,7,15H,3-6,8H2,(H,17,18). The molecule has 0 radical (unpaired) electrons. The summed E-state index contributed by atoms with van der Waals surface area (Å²) in [6, 6.07) is 4.67. The number of carboxylic acids is 1. The molecule has 0 atom stereocenters. The first-order valence-electron chi connectivity index (χ1n) is 5.98. The molecule has 1 aliphatic heterocycles. The lowest BCUT2D eigenvalue weighted by Crippen LogP contribution is -2.30. The van der Waals surface area contributed by atoms with E-state index in [2.05, 4.69) is 0 Å². The normalized spacial score (nSPS) is 13.7. The number of hydrogen-bond donors (Lipinski definition) is 2. The lowest BCUT2D eigenvalue weighted by Gasteiger charge is -2.17. The van der Waals surface area contributed by atoms with Gasteiger partial charge < -0.3 is 19.8 Å². The molecule has 1 aliphatic rings. The first-order valence-corrected chi connectivity index (χ1v) is 5.98. The highest BCUT2D eigenvalue weighted by Gasteiger charge is 2.27. The lowest BCUT2D eigenvalue weighted by molar-refractivity contribution is -0.117. The largest absolute Gasteiger partial charge is 0.478 e. The Labute approximate surface area is 110 Å². The maximum atomic E-state index is 11.8. The van der Waals surface area contributed by atoms with Crippen LogP contribution in [-0.2, 0) is 16.0 Å². The van der Waals surface area contributed by atoms with Crippen LogP contribution in [0.15, 0.2) is 18.2 Å². The number of rotatable bonds is 6. The highest BCUT2D eigenvalue weighted by Crippen LogP contribution is 2.29. The van der Waals surface area contributed by atoms with Gasteiger partial charge in [-0.05, 0) is 23.8 Å². The number of aliphatic hydroxyl groups excluding tert-OH is 1. The fraction of sp³-hybridized carbons (Fsp3) is 0.385. The zero-order valence-corrected chi connectivity index (χ0v) is 10.3. The summed E-state index contributed by atoms with van der Waals surface area (Å²) in [5.74, 6) is -1.06. The molecule has 1 amide bonds. The molecule has 0 spiro atoms. The van der Waals surface area contributed by atoms with E-state index in [0.29, 0.717) is 13.2 Å². The Balaban J connectivity index is 2.09. The number of carboxylic acid groups (broad SMARTS) is 1. The van der Waals surface area contributed by atoms with E-state index in [1.165, 1.54) is 12.1 Å². The summed E-state index contributed by atoms with van der Waals surface area (Å²) < 4.78 is 5.13. The van der Waals surface area contributed by atoms with E-state index in [0.717, 1.165) is 11.3 Å². The van der Waals surface area contributed by atoms with Crippen molar-refractivity contribution in [3.8, 4) is 0 Å². The molecule has 2 N–H and O–H groups in total. The molecule has 6 nitrogen and oxygen atoms in total. The second-order valence-corrected chi connectivity index (χ2v) is 4.21. The van der Waals surface area contributed by atoms with E-state index in [-0.39, 0.29) is 31.1 Å². The minimum Gasteiger partial charge on any atom is -0.478 e. The van der Waals surface area contributed by atoms with Crippen LogP contribution < -0.4 is 4.90 Å². The summed E-state index contributed by atoms with van der Waals surface area (Å²) >= 11 is 0. The third-order valence-corrected chi connectivity index (χ3v) is 2.95. The quantitative estimate of drug-likeness (QED) is 0.721. The third-order valence-electron chi connectivity index (χ3n) is 2.95. The minimum atomic E-state index is -1.00. The monoisotopic (exact) mass is 265 g/mol. The Morgan fingerprint density at radius 2 is 2.16 bits per heavy atom. The van der Waals surface area contributed by atoms with Gasteiger partial charge in [0.05, 0.1) is 31.8 Å². The molecule has 0 aliphatic carbocycles. The maximum Gasteiger partial charge on any atom is 0.335 e. The second kappa shape index (κ2) is 5.81. The summed E-state index contributed by atoms with van der Waals surface area (Å²) in [6.45, 7) is 0.935. The Morgan fingerprint density at radius 3 is 2.84 bits per heavy atom. The zero-order valence-electron chi connectivity index (χ0n) is 10.3. The molecule has 0 aromatic heterocycles. The van der Waals surface area contributed by atoms with Crippen molar-refractivity contribution in [3.05, 3.63) is 29.3 Å². The van der Waals surface area contributed by atoms with Crippen molar-refractivity contribution in [3.63, 3.8) is 0 Å². The third kappa shape index (κ3) is 2.91. The number of fused-ring (bicyclic) bond motifs is 1. The fourth-order valence-electron chi connectivity index (χ4n) is 2.08. The number of anilines is 1. The molecular weight excluding hydrogens is 250 g/mol. The molecule has 0 unspecified atom stereocenters. The van der Waals surface area contributed by atoms with Gasteiger partial charge in [0.25, 0.3) is 0 Å². The van der Waals surface area contributed by atoms with Crippen LogP contribution in [0.25, 0.3) is 0 Å². The molecule has 19 heavy (non-hydrogen) atoms. The van der Waals surface area contributed by atoms with Crippen LogP contribution in [0.4, 0.5) is 5.69 Å². The number of nitrogens with zero attached hydrogens (tertiary/aromatic N) is 1. The van der Waals surface area contributed by atoms with Crippen molar-refractivity contribution in [2.45, 2.75) is 6.42 Å². The van der Waals surface area contributed by atoms with Gasteiger partial charge in [-0.3, -0.25) is 4.79 Å². The summed E-state index contributed by atoms with van der Waals surface area (Å²) in [5, 5.41) is 17.5. The number of ether oxygens (including phenoxy) is 1. The molecule has 0 saturated carbocycles. The Bertz CT molecular complexity index is 500. The summed E-state index contributed by atoms with van der Waals surface area (Å²) in [4.78, 5) is 24.3. The highest BCUT2D eigenvalue weighted by atomic mass is 16.5. The van der Waals surface area contributed by atoms with Crippen LogP contribution in [0.5, 0.6) is 0 Å². The molecule has 6 heteroatoms. The van der Waals surface area contributed by atoms with Crippen LogP contribution in [0.2, 0.25) is 0 Å². The van der Waals surface area contributed by atoms with Gasteiger partial charge in [-0.15, -0.1) is 0 Å². The van der Waals surface area contributed by atoms with Gasteiger partial charge in [-0.25, -0.2) is 4.79 Å². The van der Waals surface area contributed by atoms with Crippen molar-refractivity contribution in [2.24, 2.45) is 0 Å². The second-order valence-electron chi connectivity index (χ2n) is 4.21. The average Bonchev–Trinajstić information content (AvgIpc) is 2.69. The first kappa shape index (κ1) is 13.5. The van der Waals surface area contributed by atoms with Gasteiger partial charge in [0.15, 0.2) is 0 Å².